The molecule has 0 radical (unpaired) electrons. The van der Waals surface area contributed by atoms with Gasteiger partial charge in [-0.05, 0) is 17.5 Å². The van der Waals surface area contributed by atoms with Crippen LogP contribution in [0.25, 0.3) is 0 Å². The summed E-state index contributed by atoms with van der Waals surface area (Å²) in [5, 5.41) is 15.7. The second-order valence-corrected chi connectivity index (χ2v) is 7.58. The van der Waals surface area contributed by atoms with Crippen LogP contribution in [0.15, 0.2) is 5.16 Å². The molecule has 0 fully saturated rings. The van der Waals surface area contributed by atoms with Gasteiger partial charge in [0.15, 0.2) is 0 Å². The van der Waals surface area contributed by atoms with Crippen LogP contribution in [0.4, 0.5) is 0 Å². The first-order valence-corrected chi connectivity index (χ1v) is 7.67. The number of nitrogens with one attached hydrogen (secondary N) is 1. The number of nitrogens with zero attached hydrogens (tertiary/aromatic N) is 4. The Bertz CT molecular complexity index is 321. The molecule has 98 valence electrons. The number of rotatable bonds is 7. The molecule has 5 nitrogen and oxygen atoms in total. The van der Waals surface area contributed by atoms with Crippen LogP contribution in [0.2, 0.25) is 0 Å². The lowest BCUT2D eigenvalue weighted by molar-refractivity contribution is 0.530. The van der Waals surface area contributed by atoms with E-state index in [1.54, 1.807) is 11.8 Å². The van der Waals surface area contributed by atoms with E-state index in [2.05, 4.69) is 41.6 Å². The van der Waals surface area contributed by atoms with Crippen LogP contribution < -0.4 is 5.32 Å². The Kier molecular flexibility index (Phi) is 6.29. The molecule has 0 saturated heterocycles. The van der Waals surface area contributed by atoms with Crippen LogP contribution in [0.3, 0.4) is 0 Å². The summed E-state index contributed by atoms with van der Waals surface area (Å²) in [6, 6.07) is 0. The average Bonchev–Trinajstić information content (AvgIpc) is 2.67. The van der Waals surface area contributed by atoms with Gasteiger partial charge in [0, 0.05) is 22.8 Å². The fourth-order valence-corrected chi connectivity index (χ4v) is 2.97. The maximum Gasteiger partial charge on any atom is 0.209 e. The van der Waals surface area contributed by atoms with Gasteiger partial charge in [0.2, 0.25) is 5.16 Å². The zero-order valence-electron chi connectivity index (χ0n) is 10.9. The molecule has 0 aliphatic carbocycles. The summed E-state index contributed by atoms with van der Waals surface area (Å²) >= 11 is 3.69. The lowest BCUT2D eigenvalue weighted by atomic mass is 10.3. The largest absolute Gasteiger partial charge is 0.318 e. The Morgan fingerprint density at radius 1 is 1.29 bits per heavy atom. The molecule has 0 saturated carbocycles. The van der Waals surface area contributed by atoms with E-state index in [1.807, 2.05) is 23.5 Å². The van der Waals surface area contributed by atoms with E-state index in [4.69, 9.17) is 0 Å². The monoisotopic (exact) mass is 275 g/mol. The van der Waals surface area contributed by atoms with Crippen LogP contribution in [-0.2, 0) is 6.54 Å². The molecule has 7 heteroatoms. The average molecular weight is 275 g/mol. The first kappa shape index (κ1) is 14.8. The molecule has 0 atom stereocenters. The van der Waals surface area contributed by atoms with Crippen molar-refractivity contribution >= 4 is 23.5 Å². The van der Waals surface area contributed by atoms with Crippen LogP contribution >= 0.6 is 23.5 Å². The van der Waals surface area contributed by atoms with Gasteiger partial charge in [-0.15, -0.1) is 5.10 Å². The third-order valence-electron chi connectivity index (χ3n) is 1.92. The van der Waals surface area contributed by atoms with Crippen molar-refractivity contribution in [3.63, 3.8) is 0 Å². The summed E-state index contributed by atoms with van der Waals surface area (Å²) in [6.45, 7) is 8.41. The first-order chi connectivity index (χ1) is 8.03. The van der Waals surface area contributed by atoms with Crippen LogP contribution in [-0.4, -0.2) is 50.1 Å². The molecular weight excluding hydrogens is 254 g/mol. The molecule has 0 aliphatic heterocycles. The Morgan fingerprint density at radius 2 is 2.06 bits per heavy atom. The minimum Gasteiger partial charge on any atom is -0.318 e. The molecular formula is C10H21N5S2. The molecule has 1 aromatic rings. The summed E-state index contributed by atoms with van der Waals surface area (Å²) in [5.41, 5.74) is 0. The van der Waals surface area contributed by atoms with Gasteiger partial charge in [0.1, 0.15) is 0 Å². The third kappa shape index (κ3) is 6.28. The molecule has 1 N–H and O–H groups in total. The van der Waals surface area contributed by atoms with E-state index in [1.165, 1.54) is 0 Å². The number of hydrogen-bond acceptors (Lipinski definition) is 6. The molecule has 0 bridgehead atoms. The Balaban J connectivity index is 2.29. The topological polar surface area (TPSA) is 55.6 Å². The van der Waals surface area contributed by atoms with Crippen LogP contribution in [0.1, 0.15) is 20.8 Å². The van der Waals surface area contributed by atoms with E-state index in [0.29, 0.717) is 4.75 Å². The van der Waals surface area contributed by atoms with Gasteiger partial charge >= 0.3 is 0 Å². The highest BCUT2D eigenvalue weighted by Gasteiger charge is 2.11. The zero-order chi connectivity index (χ0) is 12.7. The second-order valence-electron chi connectivity index (χ2n) is 4.60. The maximum atomic E-state index is 4.03. The fourth-order valence-electron chi connectivity index (χ4n) is 1.14. The Hall–Kier alpha value is -0.270. The number of aromatic nitrogens is 4. The van der Waals surface area contributed by atoms with Crippen molar-refractivity contribution in [1.82, 2.24) is 25.5 Å². The smallest absolute Gasteiger partial charge is 0.209 e. The van der Waals surface area contributed by atoms with Crippen LogP contribution in [0, 0.1) is 0 Å². The fraction of sp³-hybridized carbons (Fsp3) is 0.900. The molecule has 17 heavy (non-hydrogen) atoms. The summed E-state index contributed by atoms with van der Waals surface area (Å²) in [4.78, 5) is 0. The summed E-state index contributed by atoms with van der Waals surface area (Å²) in [6.07, 6.45) is 0. The molecule has 0 unspecified atom stereocenters. The van der Waals surface area contributed by atoms with Crippen LogP contribution in [0.5, 0.6) is 0 Å². The zero-order valence-corrected chi connectivity index (χ0v) is 12.6. The number of likely N-dealkylation sites (N-methyl/N-ethyl adjacent to an activating group) is 1. The molecule has 1 aromatic heterocycles. The minimum atomic E-state index is 0.332. The van der Waals surface area contributed by atoms with E-state index in [9.17, 15) is 0 Å². The van der Waals surface area contributed by atoms with Gasteiger partial charge < -0.3 is 5.32 Å². The molecule has 1 heterocycles. The van der Waals surface area contributed by atoms with E-state index < -0.39 is 0 Å². The van der Waals surface area contributed by atoms with Crippen molar-refractivity contribution in [2.45, 2.75) is 37.2 Å². The van der Waals surface area contributed by atoms with Gasteiger partial charge in [-0.3, -0.25) is 0 Å². The Labute approximate surface area is 111 Å². The van der Waals surface area contributed by atoms with E-state index in [-0.39, 0.29) is 0 Å². The molecule has 1 rings (SSSR count). The van der Waals surface area contributed by atoms with Crippen molar-refractivity contribution in [2.24, 2.45) is 0 Å². The highest BCUT2D eigenvalue weighted by molar-refractivity contribution is 8.03. The number of hydrogen-bond donors (Lipinski definition) is 1. The number of thioether (sulfide) groups is 2. The maximum absolute atomic E-state index is 4.03. The van der Waals surface area contributed by atoms with Gasteiger partial charge in [0.25, 0.3) is 0 Å². The predicted octanol–water partition coefficient (Wildman–Crippen LogP) is 1.52. The van der Waals surface area contributed by atoms with Crippen molar-refractivity contribution in [3.8, 4) is 0 Å². The van der Waals surface area contributed by atoms with Crippen molar-refractivity contribution in [1.29, 1.82) is 0 Å². The SMILES string of the molecule is CNCCn1nnnc1SCCSC(C)(C)C. The van der Waals surface area contributed by atoms with E-state index in [0.717, 1.165) is 29.8 Å². The lowest BCUT2D eigenvalue weighted by Gasteiger charge is -2.16. The normalized spacial score (nSPS) is 12.0. The standard InChI is InChI=1S/C10H21N5S2/c1-10(2,3)17-8-7-16-9-12-13-14-15(9)6-5-11-4/h11H,5-8H2,1-4H3. The Morgan fingerprint density at radius 3 is 2.71 bits per heavy atom. The van der Waals surface area contributed by atoms with Gasteiger partial charge in [-0.2, -0.15) is 11.8 Å². The number of tetrazole rings is 1. The lowest BCUT2D eigenvalue weighted by Crippen LogP contribution is -2.16. The summed E-state index contributed by atoms with van der Waals surface area (Å²) in [5.74, 6) is 2.16. The van der Waals surface area contributed by atoms with Gasteiger partial charge in [0.05, 0.1) is 6.54 Å². The summed E-state index contributed by atoms with van der Waals surface area (Å²) < 4.78 is 2.18. The van der Waals surface area contributed by atoms with Crippen molar-refractivity contribution in [2.75, 3.05) is 25.1 Å². The first-order valence-electron chi connectivity index (χ1n) is 5.70. The van der Waals surface area contributed by atoms with Crippen molar-refractivity contribution < 1.29 is 0 Å². The van der Waals surface area contributed by atoms with E-state index >= 15 is 0 Å². The van der Waals surface area contributed by atoms with Gasteiger partial charge in [-0.25, -0.2) is 4.68 Å². The highest BCUT2D eigenvalue weighted by atomic mass is 32.2. The molecule has 0 spiro atoms. The highest BCUT2D eigenvalue weighted by Crippen LogP contribution is 2.25. The molecule has 0 aliphatic rings. The predicted molar refractivity (Wildman–Crippen MR) is 74.7 cm³/mol. The van der Waals surface area contributed by atoms with Crippen molar-refractivity contribution in [3.05, 3.63) is 0 Å². The van der Waals surface area contributed by atoms with Gasteiger partial charge in [-0.1, -0.05) is 32.5 Å². The quantitative estimate of drug-likeness (QED) is 0.601. The molecule has 0 amide bonds. The second kappa shape index (κ2) is 7.23. The minimum absolute atomic E-state index is 0.332. The summed E-state index contributed by atoms with van der Waals surface area (Å²) in [7, 11) is 1.93. The third-order valence-corrected chi connectivity index (χ3v) is 4.41. The molecule has 0 aromatic carbocycles.